The third-order valence-electron chi connectivity index (χ3n) is 5.18. The number of hydrogen-bond acceptors (Lipinski definition) is 5. The minimum Gasteiger partial charge on any atom is -0.444 e. The van der Waals surface area contributed by atoms with Crippen LogP contribution in [0.5, 0.6) is 0 Å². The van der Waals surface area contributed by atoms with Gasteiger partial charge in [0.15, 0.2) is 0 Å². The fourth-order valence-electron chi connectivity index (χ4n) is 3.85. The number of allylic oxidation sites excluding steroid dienone is 4. The number of ether oxygens (including phenoxy) is 1. The number of carbonyl (C=O) groups is 2. The molecular weight excluding hydrogens is 441 g/mol. The maximum Gasteiger partial charge on any atom is 0.407 e. The lowest BCUT2D eigenvalue weighted by molar-refractivity contribution is 0.0515. The molecule has 1 aliphatic carbocycles. The van der Waals surface area contributed by atoms with E-state index in [0.717, 1.165) is 0 Å². The highest BCUT2D eigenvalue weighted by Gasteiger charge is 2.36. The summed E-state index contributed by atoms with van der Waals surface area (Å²) in [6.45, 7) is 7.81. The molecule has 0 aromatic carbocycles. The second-order valence-electron chi connectivity index (χ2n) is 8.63. The van der Waals surface area contributed by atoms with E-state index in [0.29, 0.717) is 57.7 Å². The van der Waals surface area contributed by atoms with E-state index in [-0.39, 0.29) is 25.0 Å². The SMILES string of the molecule is Cc1nc2c(c(C3CC=C(Cl)C=C3Cl)c1CO)C(=O)N(CCNC(=O)OC(C)(C)C)C2. The number of pyridine rings is 1. The van der Waals surface area contributed by atoms with Crippen LogP contribution in [0.4, 0.5) is 4.79 Å². The van der Waals surface area contributed by atoms with Gasteiger partial charge >= 0.3 is 6.09 Å². The van der Waals surface area contributed by atoms with Crippen molar-refractivity contribution in [3.8, 4) is 0 Å². The Labute approximate surface area is 192 Å². The lowest BCUT2D eigenvalue weighted by Gasteiger charge is -2.24. The molecule has 1 aromatic heterocycles. The van der Waals surface area contributed by atoms with Gasteiger partial charge in [-0.15, -0.1) is 0 Å². The molecule has 168 valence electrons. The van der Waals surface area contributed by atoms with Gasteiger partial charge in [-0.1, -0.05) is 29.3 Å². The molecule has 31 heavy (non-hydrogen) atoms. The number of amides is 2. The van der Waals surface area contributed by atoms with Crippen LogP contribution in [0, 0.1) is 6.92 Å². The second kappa shape index (κ2) is 9.18. The fraction of sp³-hybridized carbons (Fsp3) is 0.500. The Balaban J connectivity index is 1.83. The van der Waals surface area contributed by atoms with Crippen molar-refractivity contribution in [2.45, 2.75) is 58.8 Å². The summed E-state index contributed by atoms with van der Waals surface area (Å²) >= 11 is 12.6. The first-order chi connectivity index (χ1) is 14.5. The third-order valence-corrected chi connectivity index (χ3v) is 5.81. The summed E-state index contributed by atoms with van der Waals surface area (Å²) in [4.78, 5) is 31.3. The van der Waals surface area contributed by atoms with Crippen LogP contribution in [0.1, 0.15) is 66.0 Å². The first-order valence-corrected chi connectivity index (χ1v) is 10.9. The summed E-state index contributed by atoms with van der Waals surface area (Å²) in [5.41, 5.74) is 2.53. The minimum atomic E-state index is -0.592. The Morgan fingerprint density at radius 1 is 1.39 bits per heavy atom. The van der Waals surface area contributed by atoms with Gasteiger partial charge in [0.1, 0.15) is 5.60 Å². The van der Waals surface area contributed by atoms with Crippen LogP contribution in [0.15, 0.2) is 22.2 Å². The van der Waals surface area contributed by atoms with Gasteiger partial charge in [-0.05, 0) is 45.8 Å². The maximum atomic E-state index is 13.3. The zero-order valence-electron chi connectivity index (χ0n) is 18.1. The van der Waals surface area contributed by atoms with E-state index >= 15 is 0 Å². The van der Waals surface area contributed by atoms with Crippen molar-refractivity contribution >= 4 is 35.2 Å². The molecule has 2 amide bonds. The number of aryl methyl sites for hydroxylation is 1. The molecule has 0 fully saturated rings. The van der Waals surface area contributed by atoms with Gasteiger partial charge in [0.2, 0.25) is 0 Å². The zero-order chi connectivity index (χ0) is 22.9. The quantitative estimate of drug-likeness (QED) is 0.679. The Hall–Kier alpha value is -2.09. The second-order valence-corrected chi connectivity index (χ2v) is 9.50. The van der Waals surface area contributed by atoms with Crippen LogP contribution in [0.2, 0.25) is 0 Å². The fourth-order valence-corrected chi connectivity index (χ4v) is 4.43. The molecular formula is C22H27Cl2N3O4. The smallest absolute Gasteiger partial charge is 0.407 e. The van der Waals surface area contributed by atoms with E-state index in [1.807, 2.05) is 13.0 Å². The molecule has 0 spiro atoms. The summed E-state index contributed by atoms with van der Waals surface area (Å²) in [5.74, 6) is -0.464. The lowest BCUT2D eigenvalue weighted by atomic mass is 9.84. The van der Waals surface area contributed by atoms with E-state index in [1.165, 1.54) is 0 Å². The number of hydrogen-bond donors (Lipinski definition) is 2. The monoisotopic (exact) mass is 467 g/mol. The largest absolute Gasteiger partial charge is 0.444 e. The summed E-state index contributed by atoms with van der Waals surface area (Å²) in [6, 6.07) is 0. The molecule has 1 aromatic rings. The van der Waals surface area contributed by atoms with Crippen LogP contribution in [-0.2, 0) is 17.9 Å². The van der Waals surface area contributed by atoms with Gasteiger partial charge in [0.05, 0.1) is 24.4 Å². The Morgan fingerprint density at radius 3 is 2.71 bits per heavy atom. The number of fused-ring (bicyclic) bond motifs is 1. The number of halogens is 2. The van der Waals surface area contributed by atoms with E-state index in [4.69, 9.17) is 27.9 Å². The first kappa shape index (κ1) is 23.6. The van der Waals surface area contributed by atoms with Crippen LogP contribution < -0.4 is 5.32 Å². The predicted molar refractivity (Wildman–Crippen MR) is 119 cm³/mol. The number of aliphatic hydroxyl groups is 1. The first-order valence-electron chi connectivity index (χ1n) is 10.1. The molecule has 0 bridgehead atoms. The summed E-state index contributed by atoms with van der Waals surface area (Å²) < 4.78 is 5.23. The van der Waals surface area contributed by atoms with Gasteiger partial charge in [0.25, 0.3) is 5.91 Å². The standard InChI is InChI=1S/C22H27Cl2N3O4/c1-12-15(11-28)18(14-6-5-13(23)9-16(14)24)19-17(26-12)10-27(20(19)29)8-7-25-21(30)31-22(2,3)4/h5,9,14,28H,6-8,10-11H2,1-4H3,(H,25,30). The average Bonchev–Trinajstić information content (AvgIpc) is 2.95. The molecule has 0 saturated heterocycles. The van der Waals surface area contributed by atoms with Gasteiger partial charge in [-0.25, -0.2) is 4.79 Å². The van der Waals surface area contributed by atoms with Crippen molar-refractivity contribution in [2.75, 3.05) is 13.1 Å². The Morgan fingerprint density at radius 2 is 2.10 bits per heavy atom. The van der Waals surface area contributed by atoms with E-state index < -0.39 is 11.7 Å². The molecule has 3 rings (SSSR count). The number of aromatic nitrogens is 1. The van der Waals surface area contributed by atoms with Gasteiger partial charge in [-0.2, -0.15) is 0 Å². The topological polar surface area (TPSA) is 91.8 Å². The van der Waals surface area contributed by atoms with E-state index in [9.17, 15) is 14.7 Å². The number of carbonyl (C=O) groups excluding carboxylic acids is 2. The van der Waals surface area contributed by atoms with E-state index in [1.54, 1.807) is 31.7 Å². The molecule has 1 aliphatic heterocycles. The third kappa shape index (κ3) is 5.22. The number of alkyl carbamates (subject to hydrolysis) is 1. The van der Waals surface area contributed by atoms with Crippen molar-refractivity contribution in [2.24, 2.45) is 0 Å². The number of rotatable bonds is 5. The minimum absolute atomic E-state index is 0.191. The van der Waals surface area contributed by atoms with Crippen LogP contribution in [0.3, 0.4) is 0 Å². The van der Waals surface area contributed by atoms with Crippen molar-refractivity contribution in [3.05, 3.63) is 50.3 Å². The highest BCUT2D eigenvalue weighted by molar-refractivity contribution is 6.35. The summed E-state index contributed by atoms with van der Waals surface area (Å²) in [7, 11) is 0. The highest BCUT2D eigenvalue weighted by atomic mass is 35.5. The number of nitrogens with one attached hydrogen (secondary N) is 1. The summed E-state index contributed by atoms with van der Waals surface area (Å²) in [5, 5.41) is 13.8. The molecule has 9 heteroatoms. The van der Waals surface area contributed by atoms with Crippen LogP contribution in [-0.4, -0.2) is 45.7 Å². The average molecular weight is 468 g/mol. The van der Waals surface area contributed by atoms with E-state index in [2.05, 4.69) is 10.3 Å². The molecule has 7 nitrogen and oxygen atoms in total. The van der Waals surface area contributed by atoms with Crippen molar-refractivity contribution in [1.82, 2.24) is 15.2 Å². The predicted octanol–water partition coefficient (Wildman–Crippen LogP) is 4.10. The van der Waals surface area contributed by atoms with Crippen molar-refractivity contribution in [3.63, 3.8) is 0 Å². The van der Waals surface area contributed by atoms with Crippen molar-refractivity contribution in [1.29, 1.82) is 0 Å². The molecule has 0 saturated carbocycles. The molecule has 1 atom stereocenters. The van der Waals surface area contributed by atoms with Gasteiger partial charge in [-0.3, -0.25) is 9.78 Å². The molecule has 0 radical (unpaired) electrons. The molecule has 2 heterocycles. The number of aliphatic hydroxyl groups excluding tert-OH is 1. The summed E-state index contributed by atoms with van der Waals surface area (Å²) in [6.07, 6.45) is 3.52. The Bertz CT molecular complexity index is 966. The van der Waals surface area contributed by atoms with Gasteiger partial charge < -0.3 is 20.1 Å². The molecule has 2 aliphatic rings. The maximum absolute atomic E-state index is 13.3. The van der Waals surface area contributed by atoms with Gasteiger partial charge in [0, 0.05) is 40.3 Å². The van der Waals surface area contributed by atoms with Crippen LogP contribution >= 0.6 is 23.2 Å². The zero-order valence-corrected chi connectivity index (χ0v) is 19.6. The Kier molecular flexibility index (Phi) is 6.98. The number of nitrogens with zero attached hydrogens (tertiary/aromatic N) is 2. The van der Waals surface area contributed by atoms with Crippen molar-refractivity contribution < 1.29 is 19.4 Å². The van der Waals surface area contributed by atoms with Crippen LogP contribution in [0.25, 0.3) is 0 Å². The normalized spacial score (nSPS) is 18.5. The molecule has 1 unspecified atom stereocenters. The lowest BCUT2D eigenvalue weighted by Crippen LogP contribution is -2.38. The molecule has 2 N–H and O–H groups in total. The highest BCUT2D eigenvalue weighted by Crippen LogP contribution is 2.42.